The Bertz CT molecular complexity index is 357. The molecule has 0 bridgehead atoms. The Balaban J connectivity index is 1.43. The molecule has 120 valence electrons. The van der Waals surface area contributed by atoms with Crippen molar-refractivity contribution in [3.05, 3.63) is 0 Å². The van der Waals surface area contributed by atoms with E-state index in [1.165, 1.54) is 6.42 Å². The van der Waals surface area contributed by atoms with Gasteiger partial charge in [-0.2, -0.15) is 0 Å². The zero-order valence-electron chi connectivity index (χ0n) is 13.1. The van der Waals surface area contributed by atoms with Crippen LogP contribution >= 0.6 is 0 Å². The van der Waals surface area contributed by atoms with Gasteiger partial charge in [0, 0.05) is 26.3 Å². The van der Waals surface area contributed by atoms with E-state index in [4.69, 9.17) is 9.47 Å². The predicted octanol–water partition coefficient (Wildman–Crippen LogP) is 1.03. The summed E-state index contributed by atoms with van der Waals surface area (Å²) in [6, 6.07) is 0. The molecule has 0 aromatic heterocycles. The second kappa shape index (κ2) is 7.07. The van der Waals surface area contributed by atoms with Crippen molar-refractivity contribution >= 4 is 5.91 Å². The topological polar surface area (TPSA) is 50.8 Å². The lowest BCUT2D eigenvalue weighted by molar-refractivity contribution is -0.133. The first kappa shape index (κ1) is 15.3. The van der Waals surface area contributed by atoms with Crippen LogP contribution in [0.5, 0.6) is 0 Å². The number of nitrogens with zero attached hydrogens (tertiary/aromatic N) is 1. The number of likely N-dealkylation sites (tertiary alicyclic amines) is 1. The quantitative estimate of drug-likeness (QED) is 0.842. The van der Waals surface area contributed by atoms with Gasteiger partial charge < -0.3 is 19.7 Å². The summed E-state index contributed by atoms with van der Waals surface area (Å²) in [6.07, 6.45) is 4.23. The minimum atomic E-state index is -0.225. The molecule has 3 saturated heterocycles. The van der Waals surface area contributed by atoms with E-state index in [2.05, 4.69) is 17.1 Å². The van der Waals surface area contributed by atoms with Crippen LogP contribution < -0.4 is 5.32 Å². The molecule has 0 saturated carbocycles. The second-order valence-corrected chi connectivity index (χ2v) is 6.64. The number of amides is 1. The average molecular weight is 296 g/mol. The lowest BCUT2D eigenvalue weighted by Gasteiger charge is -2.33. The molecule has 5 heteroatoms. The molecule has 21 heavy (non-hydrogen) atoms. The highest BCUT2D eigenvalue weighted by atomic mass is 16.5. The highest BCUT2D eigenvalue weighted by Crippen LogP contribution is 2.33. The lowest BCUT2D eigenvalue weighted by Crippen LogP contribution is -2.42. The van der Waals surface area contributed by atoms with Crippen LogP contribution in [0, 0.1) is 11.8 Å². The van der Waals surface area contributed by atoms with E-state index < -0.39 is 0 Å². The van der Waals surface area contributed by atoms with Crippen molar-refractivity contribution in [2.24, 2.45) is 11.8 Å². The van der Waals surface area contributed by atoms with Gasteiger partial charge in [0.2, 0.25) is 5.91 Å². The Kier molecular flexibility index (Phi) is 5.14. The van der Waals surface area contributed by atoms with Gasteiger partial charge in [-0.3, -0.25) is 4.79 Å². The number of carbonyl (C=O) groups is 1. The first-order chi connectivity index (χ1) is 10.3. The minimum Gasteiger partial charge on any atom is -0.381 e. The van der Waals surface area contributed by atoms with E-state index in [9.17, 15) is 4.79 Å². The molecule has 0 aliphatic carbocycles. The van der Waals surface area contributed by atoms with Crippen LogP contribution in [0.4, 0.5) is 0 Å². The van der Waals surface area contributed by atoms with Gasteiger partial charge in [0.1, 0.15) is 6.10 Å². The molecule has 0 aromatic rings. The first-order valence-corrected chi connectivity index (χ1v) is 8.49. The fraction of sp³-hybridized carbons (Fsp3) is 0.938. The van der Waals surface area contributed by atoms with Gasteiger partial charge in [0.25, 0.3) is 0 Å². The van der Waals surface area contributed by atoms with E-state index in [0.717, 1.165) is 58.7 Å². The maximum atomic E-state index is 12.3. The van der Waals surface area contributed by atoms with Gasteiger partial charge in [-0.15, -0.1) is 0 Å². The normalized spacial score (nSPS) is 34.6. The molecule has 1 amide bonds. The molecule has 3 aliphatic heterocycles. The van der Waals surface area contributed by atoms with Crippen molar-refractivity contribution in [1.29, 1.82) is 0 Å². The molecule has 3 fully saturated rings. The number of ether oxygens (including phenoxy) is 2. The summed E-state index contributed by atoms with van der Waals surface area (Å²) in [4.78, 5) is 14.7. The fourth-order valence-corrected chi connectivity index (χ4v) is 3.76. The number of likely N-dealkylation sites (N-methyl/N-ethyl adjacent to an activating group) is 1. The Morgan fingerprint density at radius 2 is 2.10 bits per heavy atom. The third-order valence-electron chi connectivity index (χ3n) is 5.28. The maximum Gasteiger partial charge on any atom is 0.249 e. The molecule has 0 spiro atoms. The third-order valence-corrected chi connectivity index (χ3v) is 5.28. The van der Waals surface area contributed by atoms with Gasteiger partial charge >= 0.3 is 0 Å². The van der Waals surface area contributed by atoms with Crippen LogP contribution in [-0.2, 0) is 14.3 Å². The number of carbonyl (C=O) groups excluding carboxylic acids is 1. The zero-order valence-corrected chi connectivity index (χ0v) is 13.1. The monoisotopic (exact) mass is 296 g/mol. The predicted molar refractivity (Wildman–Crippen MR) is 80.1 cm³/mol. The fourth-order valence-electron chi connectivity index (χ4n) is 3.76. The largest absolute Gasteiger partial charge is 0.381 e. The molecular weight excluding hydrogens is 268 g/mol. The Morgan fingerprint density at radius 1 is 1.29 bits per heavy atom. The molecule has 3 atom stereocenters. The molecule has 1 N–H and O–H groups in total. The van der Waals surface area contributed by atoms with Crippen molar-refractivity contribution in [2.75, 3.05) is 39.4 Å². The molecule has 0 radical (unpaired) electrons. The van der Waals surface area contributed by atoms with Gasteiger partial charge in [0.05, 0.1) is 6.10 Å². The van der Waals surface area contributed by atoms with E-state index in [0.29, 0.717) is 11.8 Å². The molecule has 0 aromatic carbocycles. The first-order valence-electron chi connectivity index (χ1n) is 8.49. The van der Waals surface area contributed by atoms with Crippen molar-refractivity contribution < 1.29 is 14.3 Å². The van der Waals surface area contributed by atoms with Crippen LogP contribution in [-0.4, -0.2) is 62.4 Å². The van der Waals surface area contributed by atoms with Crippen LogP contribution in [0.3, 0.4) is 0 Å². The summed E-state index contributed by atoms with van der Waals surface area (Å²) < 4.78 is 11.4. The summed E-state index contributed by atoms with van der Waals surface area (Å²) in [5.74, 6) is 1.24. The van der Waals surface area contributed by atoms with Gasteiger partial charge in [-0.25, -0.2) is 0 Å². The molecule has 3 aliphatic rings. The van der Waals surface area contributed by atoms with Crippen molar-refractivity contribution in [2.45, 2.75) is 44.8 Å². The van der Waals surface area contributed by atoms with Crippen LogP contribution in [0.2, 0.25) is 0 Å². The molecule has 0 unspecified atom stereocenters. The van der Waals surface area contributed by atoms with E-state index in [1.807, 2.05) is 0 Å². The summed E-state index contributed by atoms with van der Waals surface area (Å²) in [5.41, 5.74) is 0. The van der Waals surface area contributed by atoms with Crippen LogP contribution in [0.25, 0.3) is 0 Å². The lowest BCUT2D eigenvalue weighted by atomic mass is 9.91. The maximum absolute atomic E-state index is 12.3. The summed E-state index contributed by atoms with van der Waals surface area (Å²) >= 11 is 0. The summed E-state index contributed by atoms with van der Waals surface area (Å²) in [6.45, 7) is 7.84. The second-order valence-electron chi connectivity index (χ2n) is 6.64. The minimum absolute atomic E-state index is 0.0962. The van der Waals surface area contributed by atoms with E-state index in [-0.39, 0.29) is 18.1 Å². The SMILES string of the molecule is CCN1CC[C@H]2C[C@H](C(=O)NCC3CCOCC3)O[C@@H]2C1. The number of hydrogen-bond acceptors (Lipinski definition) is 4. The Hall–Kier alpha value is -0.650. The number of hydrogen-bond donors (Lipinski definition) is 1. The number of rotatable bonds is 4. The smallest absolute Gasteiger partial charge is 0.249 e. The molecular formula is C16H28N2O3. The van der Waals surface area contributed by atoms with Gasteiger partial charge in [0.15, 0.2) is 0 Å². The Morgan fingerprint density at radius 3 is 2.86 bits per heavy atom. The van der Waals surface area contributed by atoms with Gasteiger partial charge in [-0.1, -0.05) is 6.92 Å². The summed E-state index contributed by atoms with van der Waals surface area (Å²) in [5, 5.41) is 3.10. The molecule has 5 nitrogen and oxygen atoms in total. The van der Waals surface area contributed by atoms with Crippen molar-refractivity contribution in [1.82, 2.24) is 10.2 Å². The number of nitrogens with one attached hydrogen (secondary N) is 1. The number of fused-ring (bicyclic) bond motifs is 1. The molecule has 3 heterocycles. The average Bonchev–Trinajstić information content (AvgIpc) is 2.96. The number of piperidine rings is 1. The highest BCUT2D eigenvalue weighted by Gasteiger charge is 2.41. The Labute approximate surface area is 127 Å². The van der Waals surface area contributed by atoms with Crippen molar-refractivity contribution in [3.8, 4) is 0 Å². The molecule has 3 rings (SSSR count). The summed E-state index contributed by atoms with van der Waals surface area (Å²) in [7, 11) is 0. The van der Waals surface area contributed by atoms with E-state index in [1.54, 1.807) is 0 Å². The van der Waals surface area contributed by atoms with Gasteiger partial charge in [-0.05, 0) is 50.6 Å². The van der Waals surface area contributed by atoms with Crippen LogP contribution in [0.1, 0.15) is 32.6 Å². The standard InChI is InChI=1S/C16H28N2O3/c1-2-18-6-3-13-9-14(21-15(13)11-18)16(19)17-10-12-4-7-20-8-5-12/h12-15H,2-11H2,1H3,(H,17,19)/t13-,14+,15+/m0/s1. The van der Waals surface area contributed by atoms with Crippen molar-refractivity contribution in [3.63, 3.8) is 0 Å². The van der Waals surface area contributed by atoms with E-state index >= 15 is 0 Å². The highest BCUT2D eigenvalue weighted by molar-refractivity contribution is 5.81. The third kappa shape index (κ3) is 3.76. The zero-order chi connectivity index (χ0) is 14.7. The van der Waals surface area contributed by atoms with Crippen LogP contribution in [0.15, 0.2) is 0 Å².